The Balaban J connectivity index is 1.36. The Hall–Kier alpha value is -3.03. The largest absolute Gasteiger partial charge is 0.490 e. The maximum atomic E-state index is 12.2. The molecule has 0 spiro atoms. The molecule has 0 aromatic heterocycles. The predicted octanol–water partition coefficient (Wildman–Crippen LogP) is 3.73. The molecule has 1 aliphatic carbocycles. The first-order chi connectivity index (χ1) is 13.6. The van der Waals surface area contributed by atoms with Crippen LogP contribution in [0.1, 0.15) is 24.3 Å². The highest BCUT2D eigenvalue weighted by Crippen LogP contribution is 2.44. The number of hydrogen-bond acceptors (Lipinski definition) is 4. The zero-order valence-corrected chi connectivity index (χ0v) is 15.1. The highest BCUT2D eigenvalue weighted by Gasteiger charge is 2.38. The molecule has 0 bridgehead atoms. The Bertz CT molecular complexity index is 858. The van der Waals surface area contributed by atoms with Gasteiger partial charge in [-0.25, -0.2) is 4.99 Å². The van der Waals surface area contributed by atoms with Gasteiger partial charge >= 0.3 is 6.61 Å². The van der Waals surface area contributed by atoms with E-state index in [0.717, 1.165) is 29.8 Å². The van der Waals surface area contributed by atoms with Crippen LogP contribution in [-0.2, 0) is 0 Å². The number of fused-ring (bicyclic) bond motifs is 1. The molecule has 1 aliphatic heterocycles. The summed E-state index contributed by atoms with van der Waals surface area (Å²) in [6.45, 7) is -1.56. The molecule has 6 nitrogen and oxygen atoms in total. The molecule has 0 saturated heterocycles. The summed E-state index contributed by atoms with van der Waals surface area (Å²) in [7, 11) is 0. The molecular weight excluding hydrogens is 368 g/mol. The van der Waals surface area contributed by atoms with E-state index in [-0.39, 0.29) is 17.7 Å². The number of alkyl halides is 2. The normalized spacial score (nSPS) is 21.2. The summed E-state index contributed by atoms with van der Waals surface area (Å²) in [6.07, 6.45) is 1.71. The van der Waals surface area contributed by atoms with Crippen LogP contribution in [0, 0.1) is 0 Å². The maximum absolute atomic E-state index is 12.2. The van der Waals surface area contributed by atoms with Crippen molar-refractivity contribution in [3.8, 4) is 17.2 Å². The summed E-state index contributed by atoms with van der Waals surface area (Å²) >= 11 is 0. The second-order valence-electron chi connectivity index (χ2n) is 6.71. The quantitative estimate of drug-likeness (QED) is 0.602. The summed E-state index contributed by atoms with van der Waals surface area (Å²) in [5.41, 5.74) is 7.84. The monoisotopic (exact) mass is 389 g/mol. The first-order valence-corrected chi connectivity index (χ1v) is 9.13. The maximum Gasteiger partial charge on any atom is 0.387 e. The third-order valence-electron chi connectivity index (χ3n) is 4.62. The van der Waals surface area contributed by atoms with E-state index >= 15 is 0 Å². The molecule has 8 heteroatoms. The van der Waals surface area contributed by atoms with Gasteiger partial charge in [0.1, 0.15) is 5.75 Å². The Morgan fingerprint density at radius 3 is 2.61 bits per heavy atom. The van der Waals surface area contributed by atoms with Crippen LogP contribution in [0.4, 0.5) is 14.5 Å². The molecule has 2 atom stereocenters. The van der Waals surface area contributed by atoms with Gasteiger partial charge < -0.3 is 25.3 Å². The number of halogens is 2. The third-order valence-corrected chi connectivity index (χ3v) is 4.62. The number of benzene rings is 2. The van der Waals surface area contributed by atoms with Crippen LogP contribution in [0.3, 0.4) is 0 Å². The summed E-state index contributed by atoms with van der Waals surface area (Å²) < 4.78 is 40.1. The Morgan fingerprint density at radius 2 is 1.86 bits per heavy atom. The van der Waals surface area contributed by atoms with Gasteiger partial charge in [-0.05, 0) is 36.2 Å². The average Bonchev–Trinajstić information content (AvgIpc) is 3.44. The van der Waals surface area contributed by atoms with Crippen LogP contribution in [0.15, 0.2) is 47.5 Å². The topological polar surface area (TPSA) is 78.1 Å². The lowest BCUT2D eigenvalue weighted by molar-refractivity contribution is -0.0498. The molecular formula is C20H21F2N3O3. The highest BCUT2D eigenvalue weighted by atomic mass is 19.3. The first-order valence-electron chi connectivity index (χ1n) is 9.13. The highest BCUT2D eigenvalue weighted by molar-refractivity contribution is 5.92. The molecule has 1 heterocycles. The molecule has 2 aromatic rings. The molecule has 1 saturated carbocycles. The van der Waals surface area contributed by atoms with Crippen molar-refractivity contribution in [2.45, 2.75) is 31.4 Å². The van der Waals surface area contributed by atoms with E-state index in [9.17, 15) is 8.78 Å². The van der Waals surface area contributed by atoms with E-state index in [1.165, 1.54) is 0 Å². The van der Waals surface area contributed by atoms with Crippen molar-refractivity contribution in [3.63, 3.8) is 0 Å². The number of hydrogen-bond donors (Lipinski definition) is 2. The van der Waals surface area contributed by atoms with Crippen LogP contribution < -0.4 is 25.3 Å². The van der Waals surface area contributed by atoms with E-state index in [0.29, 0.717) is 24.9 Å². The number of nitrogens with two attached hydrogens (primary N) is 1. The van der Waals surface area contributed by atoms with Gasteiger partial charge in [-0.3, -0.25) is 0 Å². The van der Waals surface area contributed by atoms with E-state index < -0.39 is 6.61 Å². The number of aliphatic imine (C=N–C) groups is 1. The fourth-order valence-electron chi connectivity index (χ4n) is 3.18. The van der Waals surface area contributed by atoms with Crippen molar-refractivity contribution in [1.29, 1.82) is 0 Å². The van der Waals surface area contributed by atoms with E-state index in [1.54, 1.807) is 24.3 Å². The summed E-state index contributed by atoms with van der Waals surface area (Å²) in [5, 5.41) is 3.08. The standard InChI is InChI=1S/C20H21F2N3O3/c21-19(22)28-14-5-2-12(3-6-14)15-11-16(15)25-20(23)24-13-4-7-17-18(10-13)27-9-1-8-26-17/h2-7,10,15-16,19H,1,8-9,11H2,(H3,23,24,25)/t15-,16+/m0/s1. The minimum atomic E-state index is -2.82. The van der Waals surface area contributed by atoms with Crippen LogP contribution in [-0.4, -0.2) is 31.8 Å². The van der Waals surface area contributed by atoms with Crippen LogP contribution in [0.5, 0.6) is 17.2 Å². The molecule has 148 valence electrons. The number of rotatable bonds is 5. The lowest BCUT2D eigenvalue weighted by Gasteiger charge is -2.10. The molecule has 3 N–H and O–H groups in total. The van der Waals surface area contributed by atoms with Gasteiger partial charge in [0.15, 0.2) is 17.5 Å². The number of nitrogens with one attached hydrogen (secondary N) is 1. The van der Waals surface area contributed by atoms with Gasteiger partial charge in [0.05, 0.1) is 19.3 Å². The van der Waals surface area contributed by atoms with Crippen molar-refractivity contribution in [2.24, 2.45) is 10.7 Å². The smallest absolute Gasteiger partial charge is 0.387 e. The lowest BCUT2D eigenvalue weighted by atomic mass is 10.1. The second-order valence-corrected chi connectivity index (χ2v) is 6.71. The van der Waals surface area contributed by atoms with Crippen LogP contribution in [0.25, 0.3) is 0 Å². The summed E-state index contributed by atoms with van der Waals surface area (Å²) in [6, 6.07) is 12.3. The van der Waals surface area contributed by atoms with E-state index in [4.69, 9.17) is 15.2 Å². The van der Waals surface area contributed by atoms with E-state index in [2.05, 4.69) is 15.0 Å². The van der Waals surface area contributed by atoms with Crippen molar-refractivity contribution in [1.82, 2.24) is 0 Å². The van der Waals surface area contributed by atoms with Gasteiger partial charge in [-0.2, -0.15) is 8.78 Å². The van der Waals surface area contributed by atoms with Crippen molar-refractivity contribution in [3.05, 3.63) is 48.0 Å². The predicted molar refractivity (Wildman–Crippen MR) is 102 cm³/mol. The molecule has 4 rings (SSSR count). The van der Waals surface area contributed by atoms with Gasteiger partial charge in [-0.15, -0.1) is 0 Å². The minimum absolute atomic E-state index is 0.0646. The SMILES string of the molecule is NC(=N[C@@H]1C[C@H]1c1ccc(OC(F)F)cc1)Nc1ccc2c(c1)OCCCO2. The Kier molecular flexibility index (Phi) is 5.18. The van der Waals surface area contributed by atoms with Crippen molar-refractivity contribution < 1.29 is 23.0 Å². The number of ether oxygens (including phenoxy) is 3. The number of nitrogens with zero attached hydrogens (tertiary/aromatic N) is 1. The van der Waals surface area contributed by atoms with Gasteiger partial charge in [0, 0.05) is 24.1 Å². The zero-order chi connectivity index (χ0) is 19.5. The number of anilines is 1. The van der Waals surface area contributed by atoms with Gasteiger partial charge in [-0.1, -0.05) is 12.1 Å². The fourth-order valence-corrected chi connectivity index (χ4v) is 3.18. The zero-order valence-electron chi connectivity index (χ0n) is 15.1. The van der Waals surface area contributed by atoms with Crippen molar-refractivity contribution in [2.75, 3.05) is 18.5 Å². The minimum Gasteiger partial charge on any atom is -0.490 e. The number of guanidine groups is 1. The molecule has 2 aliphatic rings. The Labute approximate surface area is 161 Å². The summed E-state index contributed by atoms with van der Waals surface area (Å²) in [4.78, 5) is 4.50. The second kappa shape index (κ2) is 7.92. The summed E-state index contributed by atoms with van der Waals surface area (Å²) in [5.74, 6) is 2.10. The average molecular weight is 389 g/mol. The van der Waals surface area contributed by atoms with Crippen molar-refractivity contribution >= 4 is 11.6 Å². The first kappa shape index (κ1) is 18.3. The molecule has 28 heavy (non-hydrogen) atoms. The van der Waals surface area contributed by atoms with Gasteiger partial charge in [0.25, 0.3) is 0 Å². The Morgan fingerprint density at radius 1 is 1.11 bits per heavy atom. The molecule has 0 radical (unpaired) electrons. The van der Waals surface area contributed by atoms with Crippen LogP contribution in [0.2, 0.25) is 0 Å². The van der Waals surface area contributed by atoms with Gasteiger partial charge in [0.2, 0.25) is 0 Å². The van der Waals surface area contributed by atoms with E-state index in [1.807, 2.05) is 18.2 Å². The fraction of sp³-hybridized carbons (Fsp3) is 0.350. The molecule has 1 fully saturated rings. The molecule has 0 unspecified atom stereocenters. The molecule has 2 aromatic carbocycles. The van der Waals surface area contributed by atoms with Crippen LogP contribution >= 0.6 is 0 Å². The lowest BCUT2D eigenvalue weighted by Crippen LogP contribution is -2.23. The third kappa shape index (κ3) is 4.44. The molecule has 0 amide bonds.